The number of nitrogens with one attached hydrogen (secondary N) is 1. The fraction of sp³-hybridized carbons (Fsp3) is 0.154. The van der Waals surface area contributed by atoms with Gasteiger partial charge in [0.05, 0.1) is 10.6 Å². The number of nitrogens with two attached hydrogens (primary N) is 1. The van der Waals surface area contributed by atoms with Crippen LogP contribution in [-0.2, 0) is 16.4 Å². The Hall–Kier alpha value is -2.12. The average Bonchev–Trinajstić information content (AvgIpc) is 2.92. The Balaban J connectivity index is 2.05. The summed E-state index contributed by atoms with van der Waals surface area (Å²) in [5.41, 5.74) is 4.14. The minimum atomic E-state index is -3.59. The molecule has 0 aliphatic carbocycles. The highest BCUT2D eigenvalue weighted by Crippen LogP contribution is 2.32. The molecule has 0 bridgehead atoms. The first-order chi connectivity index (χ1) is 9.63. The quantitative estimate of drug-likeness (QED) is 0.653. The number of fused-ring (bicyclic) bond motifs is 1. The van der Waals surface area contributed by atoms with Gasteiger partial charge in [-0.1, -0.05) is 18.2 Å². The van der Waals surface area contributed by atoms with Crippen LogP contribution in [0.2, 0.25) is 0 Å². The van der Waals surface area contributed by atoms with E-state index in [1.807, 2.05) is 24.3 Å². The van der Waals surface area contributed by atoms with Crippen LogP contribution in [0.1, 0.15) is 5.56 Å². The minimum absolute atomic E-state index is 0.178. The van der Waals surface area contributed by atoms with E-state index >= 15 is 0 Å². The summed E-state index contributed by atoms with van der Waals surface area (Å²) in [7, 11) is -3.59. The molecule has 20 heavy (non-hydrogen) atoms. The summed E-state index contributed by atoms with van der Waals surface area (Å²) in [6.45, 7) is 0.454. The number of pyridine rings is 1. The molecular formula is C13H14N4O2S. The van der Waals surface area contributed by atoms with Gasteiger partial charge in [0.2, 0.25) is 0 Å². The van der Waals surface area contributed by atoms with E-state index in [4.69, 9.17) is 5.84 Å². The van der Waals surface area contributed by atoms with Crippen LogP contribution in [-0.4, -0.2) is 19.9 Å². The van der Waals surface area contributed by atoms with E-state index in [2.05, 4.69) is 10.4 Å². The molecule has 1 aromatic carbocycles. The van der Waals surface area contributed by atoms with Gasteiger partial charge >= 0.3 is 0 Å². The van der Waals surface area contributed by atoms with Crippen LogP contribution < -0.4 is 15.6 Å². The molecule has 2 heterocycles. The standard InChI is InChI=1S/C13H14N4O2S/c14-16-13-9-11(5-7-15-13)20(18,19)17-8-6-10-3-1-2-4-12(10)17/h1-5,7,9H,6,8,14H2,(H,15,16). The van der Waals surface area contributed by atoms with Gasteiger partial charge in [0, 0.05) is 18.8 Å². The summed E-state index contributed by atoms with van der Waals surface area (Å²) >= 11 is 0. The van der Waals surface area contributed by atoms with Crippen molar-refractivity contribution in [2.45, 2.75) is 11.3 Å². The minimum Gasteiger partial charge on any atom is -0.308 e. The van der Waals surface area contributed by atoms with E-state index in [0.717, 1.165) is 17.7 Å². The Morgan fingerprint density at radius 3 is 2.85 bits per heavy atom. The third-order valence-electron chi connectivity index (χ3n) is 3.31. The van der Waals surface area contributed by atoms with Crippen molar-refractivity contribution < 1.29 is 8.42 Å². The molecule has 0 atom stereocenters. The van der Waals surface area contributed by atoms with Crippen LogP contribution in [0, 0.1) is 0 Å². The van der Waals surface area contributed by atoms with Crippen LogP contribution >= 0.6 is 0 Å². The van der Waals surface area contributed by atoms with Gasteiger partial charge in [-0.25, -0.2) is 19.2 Å². The number of hydrogen-bond donors (Lipinski definition) is 2. The van der Waals surface area contributed by atoms with E-state index in [9.17, 15) is 8.42 Å². The van der Waals surface area contributed by atoms with Crippen LogP contribution in [0.4, 0.5) is 11.5 Å². The second-order valence-electron chi connectivity index (χ2n) is 4.48. The molecular weight excluding hydrogens is 276 g/mol. The van der Waals surface area contributed by atoms with E-state index in [-0.39, 0.29) is 4.90 Å². The Bertz CT molecular complexity index is 746. The molecule has 3 rings (SSSR count). The third kappa shape index (κ3) is 2.00. The summed E-state index contributed by atoms with van der Waals surface area (Å²) < 4.78 is 26.8. The SMILES string of the molecule is NNc1cc(S(=O)(=O)N2CCc3ccccc32)ccn1. The number of hydrazine groups is 1. The van der Waals surface area contributed by atoms with Gasteiger partial charge in [-0.2, -0.15) is 0 Å². The second-order valence-corrected chi connectivity index (χ2v) is 6.34. The van der Waals surface area contributed by atoms with Crippen molar-refractivity contribution >= 4 is 21.5 Å². The largest absolute Gasteiger partial charge is 0.308 e. The third-order valence-corrected chi connectivity index (χ3v) is 5.12. The summed E-state index contributed by atoms with van der Waals surface area (Å²) in [4.78, 5) is 4.10. The van der Waals surface area contributed by atoms with Crippen molar-refractivity contribution in [3.05, 3.63) is 48.2 Å². The highest BCUT2D eigenvalue weighted by Gasteiger charge is 2.30. The van der Waals surface area contributed by atoms with E-state index in [0.29, 0.717) is 12.4 Å². The smallest absolute Gasteiger partial charge is 0.264 e. The number of nitrogens with zero attached hydrogens (tertiary/aromatic N) is 2. The molecule has 0 radical (unpaired) electrons. The van der Waals surface area contributed by atoms with Gasteiger partial charge in [-0.05, 0) is 24.1 Å². The Morgan fingerprint density at radius 1 is 1.25 bits per heavy atom. The molecule has 0 spiro atoms. The van der Waals surface area contributed by atoms with Gasteiger partial charge in [0.25, 0.3) is 10.0 Å². The molecule has 1 aliphatic rings. The maximum atomic E-state index is 12.7. The van der Waals surface area contributed by atoms with Crippen LogP contribution in [0.5, 0.6) is 0 Å². The first-order valence-electron chi connectivity index (χ1n) is 6.16. The normalized spacial score (nSPS) is 14.2. The zero-order valence-corrected chi connectivity index (χ0v) is 11.5. The number of sulfonamides is 1. The number of para-hydroxylation sites is 1. The maximum absolute atomic E-state index is 12.7. The fourth-order valence-corrected chi connectivity index (χ4v) is 3.85. The molecule has 7 heteroatoms. The van der Waals surface area contributed by atoms with Crippen LogP contribution in [0.25, 0.3) is 0 Å². The first kappa shape index (κ1) is 12.9. The predicted molar refractivity (Wildman–Crippen MR) is 76.7 cm³/mol. The molecule has 0 fully saturated rings. The highest BCUT2D eigenvalue weighted by molar-refractivity contribution is 7.92. The molecule has 1 aromatic heterocycles. The van der Waals surface area contributed by atoms with Crippen molar-refractivity contribution in [1.82, 2.24) is 4.98 Å². The Morgan fingerprint density at radius 2 is 2.05 bits per heavy atom. The summed E-state index contributed by atoms with van der Waals surface area (Å²) in [5, 5.41) is 0. The number of aromatic nitrogens is 1. The predicted octanol–water partition coefficient (Wildman–Crippen LogP) is 1.12. The van der Waals surface area contributed by atoms with E-state index in [1.54, 1.807) is 0 Å². The number of rotatable bonds is 3. The lowest BCUT2D eigenvalue weighted by Crippen LogP contribution is -2.29. The first-order valence-corrected chi connectivity index (χ1v) is 7.60. The van der Waals surface area contributed by atoms with Gasteiger partial charge in [0.1, 0.15) is 5.82 Å². The van der Waals surface area contributed by atoms with Gasteiger partial charge in [-0.15, -0.1) is 0 Å². The molecule has 3 N–H and O–H groups in total. The van der Waals surface area contributed by atoms with E-state index in [1.165, 1.54) is 22.6 Å². The lowest BCUT2D eigenvalue weighted by Gasteiger charge is -2.19. The highest BCUT2D eigenvalue weighted by atomic mass is 32.2. The molecule has 104 valence electrons. The summed E-state index contributed by atoms with van der Waals surface area (Å²) in [5.74, 6) is 5.59. The molecule has 0 saturated heterocycles. The van der Waals surface area contributed by atoms with Crippen molar-refractivity contribution in [1.29, 1.82) is 0 Å². The van der Waals surface area contributed by atoms with Crippen molar-refractivity contribution in [3.63, 3.8) is 0 Å². The molecule has 2 aromatic rings. The van der Waals surface area contributed by atoms with Crippen molar-refractivity contribution in [2.75, 3.05) is 16.3 Å². The van der Waals surface area contributed by atoms with Crippen LogP contribution in [0.15, 0.2) is 47.5 Å². The molecule has 0 saturated carbocycles. The maximum Gasteiger partial charge on any atom is 0.264 e. The van der Waals surface area contributed by atoms with Gasteiger partial charge in [0.15, 0.2) is 0 Å². The molecule has 6 nitrogen and oxygen atoms in total. The van der Waals surface area contributed by atoms with Gasteiger partial charge in [-0.3, -0.25) is 4.31 Å². The monoisotopic (exact) mass is 290 g/mol. The van der Waals surface area contributed by atoms with Crippen LogP contribution in [0.3, 0.4) is 0 Å². The molecule has 0 unspecified atom stereocenters. The van der Waals surface area contributed by atoms with E-state index < -0.39 is 10.0 Å². The number of hydrogen-bond acceptors (Lipinski definition) is 5. The zero-order valence-electron chi connectivity index (χ0n) is 10.7. The lowest BCUT2D eigenvalue weighted by molar-refractivity contribution is 0.592. The number of anilines is 2. The Kier molecular flexibility index (Phi) is 3.07. The number of benzene rings is 1. The second kappa shape index (κ2) is 4.77. The Labute approximate surface area is 117 Å². The zero-order chi connectivity index (χ0) is 14.2. The topological polar surface area (TPSA) is 88.3 Å². The number of nitrogen functional groups attached to an aromatic ring is 1. The summed E-state index contributed by atoms with van der Waals surface area (Å²) in [6.07, 6.45) is 2.15. The van der Waals surface area contributed by atoms with Gasteiger partial charge < -0.3 is 5.43 Å². The molecule has 1 aliphatic heterocycles. The fourth-order valence-electron chi connectivity index (χ4n) is 2.34. The van der Waals surface area contributed by atoms with Crippen molar-refractivity contribution in [2.24, 2.45) is 5.84 Å². The van der Waals surface area contributed by atoms with Crippen molar-refractivity contribution in [3.8, 4) is 0 Å². The average molecular weight is 290 g/mol. The molecule has 0 amide bonds. The summed E-state index contributed by atoms with van der Waals surface area (Å²) in [6, 6.07) is 10.4. The lowest BCUT2D eigenvalue weighted by atomic mass is 10.2.